The molecule has 0 aliphatic rings. The van der Waals surface area contributed by atoms with Gasteiger partial charge in [0.15, 0.2) is 0 Å². The summed E-state index contributed by atoms with van der Waals surface area (Å²) in [7, 11) is 0. The summed E-state index contributed by atoms with van der Waals surface area (Å²) in [6.45, 7) is 6.45. The van der Waals surface area contributed by atoms with Crippen LogP contribution in [0.5, 0.6) is 0 Å². The zero-order valence-corrected chi connectivity index (χ0v) is 39.7. The number of amides is 1. The maximum Gasteiger partial charge on any atom is 0.306 e. The molecule has 0 bridgehead atoms. The molecule has 0 rings (SSSR count). The Morgan fingerprint density at radius 2 is 0.831 bits per heavy atom. The van der Waals surface area contributed by atoms with Crippen molar-refractivity contribution in [3.8, 4) is 0 Å². The molecule has 0 aromatic rings. The number of carbonyl (C=O) groups excluding carboxylic acids is 2. The van der Waals surface area contributed by atoms with Crippen LogP contribution in [0.4, 0.5) is 0 Å². The van der Waals surface area contributed by atoms with Crippen molar-refractivity contribution in [1.29, 1.82) is 0 Å². The molecule has 6 nitrogen and oxygen atoms in total. The van der Waals surface area contributed by atoms with E-state index in [0.29, 0.717) is 19.3 Å². The van der Waals surface area contributed by atoms with E-state index in [0.717, 1.165) is 64.2 Å². The number of ether oxygens (including phenoxy) is 1. The Morgan fingerprint density at radius 1 is 0.475 bits per heavy atom. The van der Waals surface area contributed by atoms with Gasteiger partial charge in [-0.25, -0.2) is 0 Å². The maximum atomic E-state index is 13.2. The van der Waals surface area contributed by atoms with E-state index in [1.54, 1.807) is 0 Å². The first-order chi connectivity index (χ1) is 29.0. The van der Waals surface area contributed by atoms with Crippen molar-refractivity contribution in [3.63, 3.8) is 0 Å². The summed E-state index contributed by atoms with van der Waals surface area (Å²) in [5.74, 6) is -0.490. The highest BCUT2D eigenvalue weighted by atomic mass is 16.5. The van der Waals surface area contributed by atoms with Gasteiger partial charge in [-0.15, -0.1) is 0 Å². The van der Waals surface area contributed by atoms with Gasteiger partial charge in [0.05, 0.1) is 25.2 Å². The number of allylic oxidation sites excluding steroid dienone is 4. The summed E-state index contributed by atoms with van der Waals surface area (Å²) in [4.78, 5) is 26.1. The fraction of sp³-hybridized carbons (Fsp3) is 0.887. The van der Waals surface area contributed by atoms with Gasteiger partial charge >= 0.3 is 5.97 Å². The number of unbranched alkanes of at least 4 members (excludes halogenated alkanes) is 31. The SMILES string of the molecule is CCCC/C=C\CCCCCCCC(=O)OC(CCCCC/C=C/CCCCCCCCC)CC(=O)NC(CO)C(O)CCCCCCCCCCCCCCCCC. The van der Waals surface area contributed by atoms with Crippen LogP contribution in [-0.4, -0.2) is 46.9 Å². The normalized spacial score (nSPS) is 13.4. The third-order valence-electron chi connectivity index (χ3n) is 12.0. The Bertz CT molecular complexity index is 935. The van der Waals surface area contributed by atoms with Gasteiger partial charge in [-0.1, -0.05) is 218 Å². The number of carbonyl (C=O) groups is 2. The number of aliphatic hydroxyl groups is 2. The quantitative estimate of drug-likeness (QED) is 0.0322. The molecule has 0 aliphatic heterocycles. The molecule has 0 aliphatic carbocycles. The summed E-state index contributed by atoms with van der Waals surface area (Å²) >= 11 is 0. The van der Waals surface area contributed by atoms with Gasteiger partial charge in [-0.3, -0.25) is 9.59 Å². The van der Waals surface area contributed by atoms with Crippen LogP contribution in [0, 0.1) is 0 Å². The average Bonchev–Trinajstić information content (AvgIpc) is 3.23. The van der Waals surface area contributed by atoms with E-state index in [1.165, 1.54) is 167 Å². The standard InChI is InChI=1S/C53H101NO5/c1-4-7-10-13-16-19-22-24-26-28-31-33-36-39-42-45-51(56)50(48-55)54-52(57)47-49(44-41-38-35-32-30-27-25-23-20-17-14-11-8-5-2)59-53(58)46-43-40-37-34-29-21-18-15-12-9-6-3/h15,18,27,30,49-51,55-56H,4-14,16-17,19-26,28-29,31-48H2,1-3H3,(H,54,57)/b18-15-,30-27+. The molecule has 1 amide bonds. The molecule has 3 atom stereocenters. The van der Waals surface area contributed by atoms with Gasteiger partial charge < -0.3 is 20.3 Å². The van der Waals surface area contributed by atoms with Crippen LogP contribution in [0.2, 0.25) is 0 Å². The highest BCUT2D eigenvalue weighted by molar-refractivity contribution is 5.77. The molecule has 0 saturated carbocycles. The van der Waals surface area contributed by atoms with E-state index in [-0.39, 0.29) is 24.9 Å². The van der Waals surface area contributed by atoms with Crippen molar-refractivity contribution in [3.05, 3.63) is 24.3 Å². The lowest BCUT2D eigenvalue weighted by Crippen LogP contribution is -2.46. The van der Waals surface area contributed by atoms with Crippen LogP contribution in [0.3, 0.4) is 0 Å². The lowest BCUT2D eigenvalue weighted by molar-refractivity contribution is -0.151. The Morgan fingerprint density at radius 3 is 1.27 bits per heavy atom. The topological polar surface area (TPSA) is 95.9 Å². The van der Waals surface area contributed by atoms with E-state index >= 15 is 0 Å². The third-order valence-corrected chi connectivity index (χ3v) is 12.0. The van der Waals surface area contributed by atoms with Crippen LogP contribution in [0.25, 0.3) is 0 Å². The minimum absolute atomic E-state index is 0.0675. The van der Waals surface area contributed by atoms with Gasteiger partial charge in [0.2, 0.25) is 5.91 Å². The second-order valence-electron chi connectivity index (χ2n) is 17.9. The Kier molecular flexibility index (Phi) is 46.1. The zero-order valence-electron chi connectivity index (χ0n) is 39.7. The fourth-order valence-corrected chi connectivity index (χ4v) is 7.99. The minimum Gasteiger partial charge on any atom is -0.462 e. The van der Waals surface area contributed by atoms with E-state index in [2.05, 4.69) is 50.4 Å². The van der Waals surface area contributed by atoms with E-state index in [1.807, 2.05) is 0 Å². The van der Waals surface area contributed by atoms with Gasteiger partial charge in [0.1, 0.15) is 6.10 Å². The largest absolute Gasteiger partial charge is 0.462 e. The van der Waals surface area contributed by atoms with E-state index in [4.69, 9.17) is 4.74 Å². The van der Waals surface area contributed by atoms with Gasteiger partial charge in [0.25, 0.3) is 0 Å². The smallest absolute Gasteiger partial charge is 0.306 e. The molecule has 0 aromatic heterocycles. The van der Waals surface area contributed by atoms with Crippen molar-refractivity contribution in [1.82, 2.24) is 5.32 Å². The first-order valence-corrected chi connectivity index (χ1v) is 26.1. The zero-order chi connectivity index (χ0) is 43.1. The number of hydrogen-bond donors (Lipinski definition) is 3. The van der Waals surface area contributed by atoms with Crippen LogP contribution in [-0.2, 0) is 14.3 Å². The van der Waals surface area contributed by atoms with E-state index < -0.39 is 18.2 Å². The Balaban J connectivity index is 4.54. The molecule has 348 valence electrons. The highest BCUT2D eigenvalue weighted by Crippen LogP contribution is 2.18. The number of aliphatic hydroxyl groups excluding tert-OH is 2. The summed E-state index contributed by atoms with van der Waals surface area (Å²) in [6.07, 6.45) is 53.8. The molecular weight excluding hydrogens is 731 g/mol. The summed E-state index contributed by atoms with van der Waals surface area (Å²) in [5.41, 5.74) is 0. The molecule has 0 saturated heterocycles. The van der Waals surface area contributed by atoms with Crippen LogP contribution in [0.15, 0.2) is 24.3 Å². The van der Waals surface area contributed by atoms with Crippen molar-refractivity contribution >= 4 is 11.9 Å². The van der Waals surface area contributed by atoms with Gasteiger partial charge in [-0.05, 0) is 70.6 Å². The monoisotopic (exact) mass is 832 g/mol. The Labute approximate surface area is 367 Å². The molecular formula is C53H101NO5. The molecule has 3 unspecified atom stereocenters. The number of esters is 1. The van der Waals surface area contributed by atoms with Crippen molar-refractivity contribution in [2.24, 2.45) is 0 Å². The summed E-state index contributed by atoms with van der Waals surface area (Å²) in [6, 6.07) is -0.704. The lowest BCUT2D eigenvalue weighted by Gasteiger charge is -2.24. The van der Waals surface area contributed by atoms with E-state index in [9.17, 15) is 19.8 Å². The van der Waals surface area contributed by atoms with Crippen molar-refractivity contribution in [2.75, 3.05) is 6.61 Å². The van der Waals surface area contributed by atoms with Gasteiger partial charge in [0, 0.05) is 6.42 Å². The predicted molar refractivity (Wildman–Crippen MR) is 255 cm³/mol. The summed E-state index contributed by atoms with van der Waals surface area (Å²) in [5, 5.41) is 23.8. The van der Waals surface area contributed by atoms with Gasteiger partial charge in [-0.2, -0.15) is 0 Å². The first-order valence-electron chi connectivity index (χ1n) is 26.1. The molecule has 0 heterocycles. The number of hydrogen-bond acceptors (Lipinski definition) is 5. The second kappa shape index (κ2) is 47.4. The number of nitrogens with one attached hydrogen (secondary N) is 1. The van der Waals surface area contributed by atoms with Crippen molar-refractivity contribution < 1.29 is 24.5 Å². The molecule has 3 N–H and O–H groups in total. The predicted octanol–water partition coefficient (Wildman–Crippen LogP) is 15.5. The molecule has 0 aromatic carbocycles. The highest BCUT2D eigenvalue weighted by Gasteiger charge is 2.24. The minimum atomic E-state index is -0.789. The summed E-state index contributed by atoms with van der Waals surface area (Å²) < 4.78 is 5.91. The van der Waals surface area contributed by atoms with Crippen molar-refractivity contribution in [2.45, 2.75) is 296 Å². The molecule has 0 spiro atoms. The van der Waals surface area contributed by atoms with Crippen LogP contribution < -0.4 is 5.32 Å². The molecule has 59 heavy (non-hydrogen) atoms. The number of rotatable bonds is 47. The first kappa shape index (κ1) is 57.3. The molecule has 0 radical (unpaired) electrons. The maximum absolute atomic E-state index is 13.2. The molecule has 0 fully saturated rings. The average molecular weight is 832 g/mol. The molecule has 6 heteroatoms. The fourth-order valence-electron chi connectivity index (χ4n) is 7.99. The third kappa shape index (κ3) is 42.8. The van der Waals surface area contributed by atoms with Crippen LogP contribution in [0.1, 0.15) is 278 Å². The Hall–Kier alpha value is -1.66. The van der Waals surface area contributed by atoms with Crippen LogP contribution >= 0.6 is 0 Å². The lowest BCUT2D eigenvalue weighted by atomic mass is 10.0. The second-order valence-corrected chi connectivity index (χ2v) is 17.9.